The summed E-state index contributed by atoms with van der Waals surface area (Å²) >= 11 is 0. The number of nitrogens with zero attached hydrogens (tertiary/aromatic N) is 1. The number of amides is 1. The summed E-state index contributed by atoms with van der Waals surface area (Å²) in [5.74, 6) is -1.78. The predicted octanol–water partition coefficient (Wildman–Crippen LogP) is 4.64. The van der Waals surface area contributed by atoms with Gasteiger partial charge in [0.2, 0.25) is 5.91 Å². The molecular weight excluding hydrogens is 345 g/mol. The van der Waals surface area contributed by atoms with E-state index in [1.54, 1.807) is 19.1 Å². The van der Waals surface area contributed by atoms with Crippen LogP contribution in [0.1, 0.15) is 17.9 Å². The maximum Gasteiger partial charge on any atom is 0.224 e. The van der Waals surface area contributed by atoms with Crippen LogP contribution in [-0.2, 0) is 11.2 Å². The first kappa shape index (κ1) is 17.7. The van der Waals surface area contributed by atoms with E-state index in [0.29, 0.717) is 11.3 Å². The molecule has 0 fully saturated rings. The Bertz CT molecular complexity index is 954. The highest BCUT2D eigenvalue weighted by Crippen LogP contribution is 2.24. The van der Waals surface area contributed by atoms with Crippen molar-refractivity contribution in [2.75, 3.05) is 5.32 Å². The Balaban J connectivity index is 1.60. The highest BCUT2D eigenvalue weighted by Gasteiger charge is 2.13. The van der Waals surface area contributed by atoms with E-state index >= 15 is 0 Å². The summed E-state index contributed by atoms with van der Waals surface area (Å²) in [7, 11) is 0. The van der Waals surface area contributed by atoms with Crippen LogP contribution in [0.5, 0.6) is 0 Å². The third-order valence-electron chi connectivity index (χ3n) is 3.77. The van der Waals surface area contributed by atoms with Gasteiger partial charge < -0.3 is 9.73 Å². The molecule has 2 aromatic carbocycles. The Morgan fingerprint density at radius 3 is 2.65 bits per heavy atom. The lowest BCUT2D eigenvalue weighted by Crippen LogP contribution is -2.12. The second kappa shape index (κ2) is 7.43. The fraction of sp³-hybridized carbons (Fsp3) is 0.158. The summed E-state index contributed by atoms with van der Waals surface area (Å²) in [6, 6.07) is 7.56. The zero-order valence-electron chi connectivity index (χ0n) is 13.9. The van der Waals surface area contributed by atoms with Gasteiger partial charge >= 0.3 is 0 Å². The van der Waals surface area contributed by atoms with Crippen LogP contribution in [0.25, 0.3) is 11.3 Å². The lowest BCUT2D eigenvalue weighted by atomic mass is 10.2. The number of aryl methyl sites for hydroxylation is 2. The van der Waals surface area contributed by atoms with Crippen molar-refractivity contribution in [1.29, 1.82) is 0 Å². The van der Waals surface area contributed by atoms with E-state index in [9.17, 15) is 18.0 Å². The normalized spacial score (nSPS) is 10.8. The lowest BCUT2D eigenvalue weighted by Gasteiger charge is -2.05. The molecule has 0 aliphatic carbocycles. The van der Waals surface area contributed by atoms with E-state index in [1.165, 1.54) is 18.3 Å². The molecule has 3 aromatic rings. The first-order valence-corrected chi connectivity index (χ1v) is 7.88. The minimum absolute atomic E-state index is 0.0569. The van der Waals surface area contributed by atoms with Crippen LogP contribution in [0, 0.1) is 24.4 Å². The molecule has 1 N–H and O–H groups in total. The van der Waals surface area contributed by atoms with Crippen molar-refractivity contribution in [3.05, 3.63) is 71.5 Å². The molecule has 0 radical (unpaired) electrons. The van der Waals surface area contributed by atoms with Gasteiger partial charge in [-0.05, 0) is 36.8 Å². The number of hydrogen-bond acceptors (Lipinski definition) is 3. The van der Waals surface area contributed by atoms with Crippen molar-refractivity contribution in [2.45, 2.75) is 19.8 Å². The molecule has 134 valence electrons. The molecule has 1 heterocycles. The molecule has 26 heavy (non-hydrogen) atoms. The van der Waals surface area contributed by atoms with Gasteiger partial charge in [0.1, 0.15) is 17.5 Å². The second-order valence-electron chi connectivity index (χ2n) is 5.75. The van der Waals surface area contributed by atoms with Gasteiger partial charge in [-0.25, -0.2) is 18.2 Å². The van der Waals surface area contributed by atoms with Crippen molar-refractivity contribution in [1.82, 2.24) is 4.98 Å². The topological polar surface area (TPSA) is 55.1 Å². The van der Waals surface area contributed by atoms with E-state index in [-0.39, 0.29) is 36.0 Å². The summed E-state index contributed by atoms with van der Waals surface area (Å²) in [5, 5.41) is 2.58. The molecule has 0 atom stereocenters. The highest BCUT2D eigenvalue weighted by molar-refractivity contribution is 5.90. The minimum atomic E-state index is -0.758. The smallest absolute Gasteiger partial charge is 0.224 e. The predicted molar refractivity (Wildman–Crippen MR) is 89.9 cm³/mol. The number of anilines is 1. The van der Waals surface area contributed by atoms with E-state index < -0.39 is 17.5 Å². The van der Waals surface area contributed by atoms with E-state index in [4.69, 9.17) is 4.42 Å². The molecule has 3 rings (SSSR count). The van der Waals surface area contributed by atoms with E-state index in [0.717, 1.165) is 12.1 Å². The van der Waals surface area contributed by atoms with Gasteiger partial charge in [0.05, 0.1) is 11.8 Å². The Hall–Kier alpha value is -3.09. The number of benzene rings is 2. The SMILES string of the molecule is Cc1ccc(NC(=O)CCc2ncc(-c3ccc(F)cc3F)o2)cc1F. The maximum absolute atomic E-state index is 13.7. The summed E-state index contributed by atoms with van der Waals surface area (Å²) in [4.78, 5) is 15.9. The standard InChI is InChI=1S/C19H15F3N2O2/c1-11-2-4-13(9-15(11)21)24-18(25)6-7-19-23-10-17(26-19)14-5-3-12(20)8-16(14)22/h2-5,8-10H,6-7H2,1H3,(H,24,25). The van der Waals surface area contributed by atoms with E-state index in [2.05, 4.69) is 10.3 Å². The minimum Gasteiger partial charge on any atom is -0.441 e. The molecule has 0 aliphatic heterocycles. The number of oxazole rings is 1. The number of halogens is 3. The summed E-state index contributed by atoms with van der Waals surface area (Å²) in [6.45, 7) is 1.63. The fourth-order valence-electron chi connectivity index (χ4n) is 2.35. The number of carbonyl (C=O) groups excluding carboxylic acids is 1. The molecule has 0 unspecified atom stereocenters. The molecule has 1 amide bonds. The van der Waals surface area contributed by atoms with Crippen LogP contribution in [0.2, 0.25) is 0 Å². The van der Waals surface area contributed by atoms with Gasteiger partial charge in [0, 0.05) is 24.6 Å². The second-order valence-corrected chi connectivity index (χ2v) is 5.75. The third kappa shape index (κ3) is 4.11. The van der Waals surface area contributed by atoms with Gasteiger partial charge in [0.25, 0.3) is 0 Å². The van der Waals surface area contributed by atoms with Crippen molar-refractivity contribution in [2.24, 2.45) is 0 Å². The van der Waals surface area contributed by atoms with Crippen LogP contribution in [0.15, 0.2) is 47.0 Å². The number of nitrogens with one attached hydrogen (secondary N) is 1. The summed E-state index contributed by atoms with van der Waals surface area (Å²) in [6.07, 6.45) is 1.56. The Kier molecular flexibility index (Phi) is 5.06. The number of carbonyl (C=O) groups is 1. The van der Waals surface area contributed by atoms with E-state index in [1.807, 2.05) is 0 Å². The van der Waals surface area contributed by atoms with Crippen LogP contribution in [0.3, 0.4) is 0 Å². The average molecular weight is 360 g/mol. The average Bonchev–Trinajstić information content (AvgIpc) is 3.05. The Morgan fingerprint density at radius 2 is 1.92 bits per heavy atom. The summed E-state index contributed by atoms with van der Waals surface area (Å²) in [5.41, 5.74) is 0.938. The molecule has 0 spiro atoms. The molecule has 1 aromatic heterocycles. The lowest BCUT2D eigenvalue weighted by molar-refractivity contribution is -0.116. The number of hydrogen-bond donors (Lipinski definition) is 1. The van der Waals surface area contributed by atoms with Crippen molar-refractivity contribution in [3.8, 4) is 11.3 Å². The zero-order valence-corrected chi connectivity index (χ0v) is 13.9. The molecule has 7 heteroatoms. The molecule has 0 aliphatic rings. The first-order valence-electron chi connectivity index (χ1n) is 7.88. The maximum atomic E-state index is 13.7. The van der Waals surface area contributed by atoms with Crippen LogP contribution >= 0.6 is 0 Å². The van der Waals surface area contributed by atoms with Crippen molar-refractivity contribution in [3.63, 3.8) is 0 Å². The fourth-order valence-corrected chi connectivity index (χ4v) is 2.35. The Morgan fingerprint density at radius 1 is 1.12 bits per heavy atom. The summed E-state index contributed by atoms with van der Waals surface area (Å²) < 4.78 is 45.6. The largest absolute Gasteiger partial charge is 0.441 e. The van der Waals surface area contributed by atoms with Crippen LogP contribution in [-0.4, -0.2) is 10.9 Å². The van der Waals surface area contributed by atoms with Gasteiger partial charge in [-0.2, -0.15) is 0 Å². The van der Waals surface area contributed by atoms with Crippen LogP contribution < -0.4 is 5.32 Å². The molecular formula is C19H15F3N2O2. The van der Waals surface area contributed by atoms with Crippen molar-refractivity contribution >= 4 is 11.6 Å². The van der Waals surface area contributed by atoms with Crippen molar-refractivity contribution < 1.29 is 22.4 Å². The zero-order chi connectivity index (χ0) is 18.7. The Labute approximate surface area is 147 Å². The number of rotatable bonds is 5. The monoisotopic (exact) mass is 360 g/mol. The third-order valence-corrected chi connectivity index (χ3v) is 3.77. The van der Waals surface area contributed by atoms with Gasteiger partial charge in [-0.1, -0.05) is 6.07 Å². The molecule has 0 bridgehead atoms. The quantitative estimate of drug-likeness (QED) is 0.721. The highest BCUT2D eigenvalue weighted by atomic mass is 19.1. The molecule has 0 saturated carbocycles. The van der Waals surface area contributed by atoms with Gasteiger partial charge in [-0.3, -0.25) is 4.79 Å². The number of aromatic nitrogens is 1. The first-order chi connectivity index (χ1) is 12.4. The van der Waals surface area contributed by atoms with Gasteiger partial charge in [0.15, 0.2) is 11.7 Å². The molecule has 0 saturated heterocycles. The van der Waals surface area contributed by atoms with Crippen LogP contribution in [0.4, 0.5) is 18.9 Å². The molecule has 4 nitrogen and oxygen atoms in total. The van der Waals surface area contributed by atoms with Gasteiger partial charge in [-0.15, -0.1) is 0 Å².